The molecule has 0 aliphatic rings. The fourth-order valence-corrected chi connectivity index (χ4v) is 0.452. The Morgan fingerprint density at radius 1 is 1.60 bits per heavy atom. The number of hydrogen-bond acceptors (Lipinski definition) is 1. The van der Waals surface area contributed by atoms with Crippen LogP contribution in [0.4, 0.5) is 4.79 Å². The molecule has 0 aliphatic carbocycles. The van der Waals surface area contributed by atoms with Gasteiger partial charge in [0.25, 0.3) is 0 Å². The Bertz CT molecular complexity index is 121. The molecule has 0 saturated carbocycles. The van der Waals surface area contributed by atoms with Gasteiger partial charge < -0.3 is 5.32 Å². The van der Waals surface area contributed by atoms with Crippen molar-refractivity contribution in [3.8, 4) is 0 Å². The Morgan fingerprint density at radius 3 is 2.80 bits per heavy atom. The summed E-state index contributed by atoms with van der Waals surface area (Å²) < 4.78 is 0. The van der Waals surface area contributed by atoms with Crippen LogP contribution in [0.2, 0.25) is 0 Å². The van der Waals surface area contributed by atoms with E-state index in [1.54, 1.807) is 6.21 Å². The molecule has 0 aromatic carbocycles. The molecule has 2 amide bonds. The third kappa shape index (κ3) is 5.28. The van der Waals surface area contributed by atoms with Gasteiger partial charge in [-0.1, -0.05) is 13.8 Å². The second-order valence-electron chi connectivity index (χ2n) is 1.95. The van der Waals surface area contributed by atoms with Crippen LogP contribution in [0.25, 0.3) is 0 Å². The Kier molecular flexibility index (Phi) is 5.72. The summed E-state index contributed by atoms with van der Waals surface area (Å²) in [5, 5.41) is 2.63. The molecule has 0 atom stereocenters. The molecule has 0 saturated heterocycles. The quantitative estimate of drug-likeness (QED) is 0.597. The highest BCUT2D eigenvalue weighted by atomic mass is 16.2. The van der Waals surface area contributed by atoms with E-state index in [-0.39, 0.29) is 6.03 Å². The zero-order chi connectivity index (χ0) is 7.82. The van der Waals surface area contributed by atoms with Gasteiger partial charge in [-0.3, -0.25) is 0 Å². The highest BCUT2D eigenvalue weighted by molar-refractivity contribution is 5.83. The van der Waals surface area contributed by atoms with Crippen molar-refractivity contribution in [2.75, 3.05) is 6.54 Å². The minimum absolute atomic E-state index is 0.233. The standard InChI is InChI=1S/C7H14N2O/c1-3-5-8-7(10)9-6-4-2/h5H,3-4,6H2,1-2H3,(H,9,10). The summed E-state index contributed by atoms with van der Waals surface area (Å²) >= 11 is 0. The van der Waals surface area contributed by atoms with Gasteiger partial charge in [0.15, 0.2) is 0 Å². The number of nitrogens with one attached hydrogen (secondary N) is 1. The first-order chi connectivity index (χ1) is 4.81. The average molecular weight is 142 g/mol. The lowest BCUT2D eigenvalue weighted by atomic mass is 10.5. The Hall–Kier alpha value is -0.860. The van der Waals surface area contributed by atoms with E-state index in [0.717, 1.165) is 12.8 Å². The summed E-state index contributed by atoms with van der Waals surface area (Å²) in [5.74, 6) is 0. The van der Waals surface area contributed by atoms with Gasteiger partial charge in [0.1, 0.15) is 0 Å². The normalized spacial score (nSPS) is 10.2. The molecule has 1 N–H and O–H groups in total. The Morgan fingerprint density at radius 2 is 2.30 bits per heavy atom. The van der Waals surface area contributed by atoms with Crippen molar-refractivity contribution in [2.24, 2.45) is 4.99 Å². The van der Waals surface area contributed by atoms with Crippen molar-refractivity contribution < 1.29 is 4.79 Å². The van der Waals surface area contributed by atoms with E-state index >= 15 is 0 Å². The van der Waals surface area contributed by atoms with Crippen molar-refractivity contribution >= 4 is 12.2 Å². The van der Waals surface area contributed by atoms with Crippen molar-refractivity contribution in [2.45, 2.75) is 26.7 Å². The maximum absolute atomic E-state index is 10.7. The van der Waals surface area contributed by atoms with Gasteiger partial charge in [-0.2, -0.15) is 0 Å². The van der Waals surface area contributed by atoms with E-state index in [1.807, 2.05) is 13.8 Å². The third-order valence-corrected chi connectivity index (χ3v) is 0.917. The monoisotopic (exact) mass is 142 g/mol. The summed E-state index contributed by atoms with van der Waals surface area (Å²) in [4.78, 5) is 14.3. The van der Waals surface area contributed by atoms with Gasteiger partial charge in [-0.25, -0.2) is 9.79 Å². The number of carbonyl (C=O) groups excluding carboxylic acids is 1. The number of amides is 2. The molecule has 0 heterocycles. The lowest BCUT2D eigenvalue weighted by molar-refractivity contribution is 0.249. The highest BCUT2D eigenvalue weighted by Gasteiger charge is 1.90. The SMILES string of the molecule is CCC=NC(=O)NCCC. The minimum Gasteiger partial charge on any atom is -0.336 e. The van der Waals surface area contributed by atoms with E-state index in [4.69, 9.17) is 0 Å². The molecule has 3 heteroatoms. The molecule has 3 nitrogen and oxygen atoms in total. The topological polar surface area (TPSA) is 41.5 Å². The predicted molar refractivity (Wildman–Crippen MR) is 42.5 cm³/mol. The van der Waals surface area contributed by atoms with Crippen LogP contribution < -0.4 is 5.32 Å². The van der Waals surface area contributed by atoms with Crippen LogP contribution in [-0.2, 0) is 0 Å². The van der Waals surface area contributed by atoms with Gasteiger partial charge >= 0.3 is 6.03 Å². The fraction of sp³-hybridized carbons (Fsp3) is 0.714. The van der Waals surface area contributed by atoms with Crippen LogP contribution in [0.5, 0.6) is 0 Å². The Balaban J connectivity index is 3.34. The third-order valence-electron chi connectivity index (χ3n) is 0.917. The number of urea groups is 1. The van der Waals surface area contributed by atoms with E-state index < -0.39 is 0 Å². The molecule has 0 spiro atoms. The van der Waals surface area contributed by atoms with E-state index in [1.165, 1.54) is 0 Å². The summed E-state index contributed by atoms with van der Waals surface area (Å²) in [5.41, 5.74) is 0. The minimum atomic E-state index is -0.233. The van der Waals surface area contributed by atoms with Crippen LogP contribution in [0.3, 0.4) is 0 Å². The maximum atomic E-state index is 10.7. The van der Waals surface area contributed by atoms with Crippen LogP contribution in [0.1, 0.15) is 26.7 Å². The van der Waals surface area contributed by atoms with Crippen LogP contribution >= 0.6 is 0 Å². The second kappa shape index (κ2) is 6.26. The first-order valence-corrected chi connectivity index (χ1v) is 3.61. The number of nitrogens with zero attached hydrogens (tertiary/aromatic N) is 1. The van der Waals surface area contributed by atoms with Gasteiger partial charge in [-0.05, 0) is 12.8 Å². The molecule has 0 aromatic rings. The molecule has 0 aliphatic heterocycles. The molecule has 0 unspecified atom stereocenters. The molecule has 58 valence electrons. The first-order valence-electron chi connectivity index (χ1n) is 3.61. The lowest BCUT2D eigenvalue weighted by Crippen LogP contribution is -2.20. The molecule has 0 fully saturated rings. The number of carbonyl (C=O) groups is 1. The lowest BCUT2D eigenvalue weighted by Gasteiger charge is -1.95. The number of hydrogen-bond donors (Lipinski definition) is 1. The smallest absolute Gasteiger partial charge is 0.336 e. The molecular weight excluding hydrogens is 128 g/mol. The molecule has 0 radical (unpaired) electrons. The van der Waals surface area contributed by atoms with Gasteiger partial charge in [0.05, 0.1) is 0 Å². The van der Waals surface area contributed by atoms with Crippen molar-refractivity contribution in [1.29, 1.82) is 0 Å². The summed E-state index contributed by atoms with van der Waals surface area (Å²) in [7, 11) is 0. The summed E-state index contributed by atoms with van der Waals surface area (Å²) in [6.45, 7) is 4.65. The van der Waals surface area contributed by atoms with Crippen LogP contribution in [-0.4, -0.2) is 18.8 Å². The largest absolute Gasteiger partial charge is 0.340 e. The zero-order valence-corrected chi connectivity index (χ0v) is 6.55. The number of aliphatic imine (C=N–C) groups is 1. The highest BCUT2D eigenvalue weighted by Crippen LogP contribution is 1.76. The fourth-order valence-electron chi connectivity index (χ4n) is 0.452. The first kappa shape index (κ1) is 9.14. The molecule has 10 heavy (non-hydrogen) atoms. The van der Waals surface area contributed by atoms with E-state index in [0.29, 0.717) is 6.54 Å². The van der Waals surface area contributed by atoms with E-state index in [2.05, 4.69) is 10.3 Å². The predicted octanol–water partition coefficient (Wildman–Crippen LogP) is 1.59. The average Bonchev–Trinajstić information content (AvgIpc) is 1.97. The molecule has 0 bridgehead atoms. The molecule has 0 aromatic heterocycles. The zero-order valence-electron chi connectivity index (χ0n) is 6.55. The van der Waals surface area contributed by atoms with Crippen molar-refractivity contribution in [3.05, 3.63) is 0 Å². The van der Waals surface area contributed by atoms with Crippen LogP contribution in [0, 0.1) is 0 Å². The number of rotatable bonds is 3. The summed E-state index contributed by atoms with van der Waals surface area (Å²) in [6, 6.07) is -0.233. The second-order valence-corrected chi connectivity index (χ2v) is 1.95. The maximum Gasteiger partial charge on any atom is 0.340 e. The van der Waals surface area contributed by atoms with Gasteiger partial charge in [0, 0.05) is 12.8 Å². The van der Waals surface area contributed by atoms with Gasteiger partial charge in [0.2, 0.25) is 0 Å². The molecular formula is C7H14N2O. The summed E-state index contributed by atoms with van der Waals surface area (Å²) in [6.07, 6.45) is 3.36. The Labute approximate surface area is 61.5 Å². The van der Waals surface area contributed by atoms with E-state index in [9.17, 15) is 4.79 Å². The van der Waals surface area contributed by atoms with Crippen LogP contribution in [0.15, 0.2) is 4.99 Å². The van der Waals surface area contributed by atoms with Crippen molar-refractivity contribution in [1.82, 2.24) is 5.32 Å². The van der Waals surface area contributed by atoms with Gasteiger partial charge in [-0.15, -0.1) is 0 Å². The van der Waals surface area contributed by atoms with Crippen molar-refractivity contribution in [3.63, 3.8) is 0 Å². The molecule has 0 rings (SSSR count).